The Bertz CT molecular complexity index is 1840. The number of fused-ring (bicyclic) bond motifs is 4. The molecule has 1 aromatic carbocycles. The van der Waals surface area contributed by atoms with Crippen molar-refractivity contribution in [3.63, 3.8) is 0 Å². The number of nitrogens with two attached hydrogens (primary N) is 1. The summed E-state index contributed by atoms with van der Waals surface area (Å²) >= 11 is 0. The maximum absolute atomic E-state index is 16.6. The topological polar surface area (TPSA) is 92.4 Å². The molecule has 1 saturated carbocycles. The number of aromatic nitrogens is 3. The molecular formula is C34H36F7N7O. The maximum Gasteiger partial charge on any atom is 0.417 e. The number of nitrogens with zero attached hydrogens (tertiary/aromatic N) is 5. The highest BCUT2D eigenvalue weighted by Gasteiger charge is 2.51. The lowest BCUT2D eigenvalue weighted by molar-refractivity contribution is -0.137. The Morgan fingerprint density at radius 1 is 1.04 bits per heavy atom. The number of hydrogen-bond acceptors (Lipinski definition) is 8. The molecule has 0 amide bonds. The van der Waals surface area contributed by atoms with E-state index in [2.05, 4.69) is 15.3 Å². The van der Waals surface area contributed by atoms with Crippen molar-refractivity contribution in [2.24, 2.45) is 5.92 Å². The largest absolute Gasteiger partial charge is 0.461 e. The second kappa shape index (κ2) is 11.7. The Hall–Kier alpha value is -3.72. The first-order chi connectivity index (χ1) is 23.4. The minimum absolute atomic E-state index is 0.0447. The van der Waals surface area contributed by atoms with Gasteiger partial charge in [-0.25, -0.2) is 8.78 Å². The average molecular weight is 692 g/mol. The van der Waals surface area contributed by atoms with E-state index in [1.165, 1.54) is 6.20 Å². The van der Waals surface area contributed by atoms with Crippen LogP contribution in [0.25, 0.3) is 22.2 Å². The molecule has 4 aliphatic heterocycles. The molecule has 0 radical (unpaired) electrons. The number of piperazine rings is 1. The van der Waals surface area contributed by atoms with Crippen LogP contribution in [-0.2, 0) is 6.18 Å². The molecule has 0 spiro atoms. The zero-order chi connectivity index (χ0) is 34.3. The fourth-order valence-corrected chi connectivity index (χ4v) is 9.23. The van der Waals surface area contributed by atoms with Gasteiger partial charge in [0.15, 0.2) is 11.6 Å². The van der Waals surface area contributed by atoms with Gasteiger partial charge in [0.05, 0.1) is 27.7 Å². The van der Waals surface area contributed by atoms with Gasteiger partial charge in [0, 0.05) is 43.0 Å². The van der Waals surface area contributed by atoms with Crippen LogP contribution in [0.2, 0.25) is 0 Å². The van der Waals surface area contributed by atoms with Gasteiger partial charge in [-0.05, 0) is 69.5 Å². The normalized spacial score (nSPS) is 27.4. The van der Waals surface area contributed by atoms with Gasteiger partial charge in [0.1, 0.15) is 23.6 Å². The van der Waals surface area contributed by atoms with E-state index in [-0.39, 0.29) is 53.6 Å². The van der Waals surface area contributed by atoms with Crippen molar-refractivity contribution in [1.82, 2.24) is 25.2 Å². The molecule has 8 rings (SSSR count). The Kier molecular flexibility index (Phi) is 7.74. The molecule has 0 unspecified atom stereocenters. The lowest BCUT2D eigenvalue weighted by Crippen LogP contribution is -2.62. The lowest BCUT2D eigenvalue weighted by atomic mass is 9.80. The van der Waals surface area contributed by atoms with Crippen molar-refractivity contribution in [2.75, 3.05) is 43.4 Å². The number of halogens is 7. The summed E-state index contributed by atoms with van der Waals surface area (Å²) in [6.07, 6.45) is 2.32. The number of benzene rings is 1. The molecule has 3 aromatic rings. The Balaban J connectivity index is 1.24. The zero-order valence-corrected chi connectivity index (χ0v) is 26.7. The first kappa shape index (κ1) is 32.5. The highest BCUT2D eigenvalue weighted by molar-refractivity contribution is 5.92. The van der Waals surface area contributed by atoms with Crippen LogP contribution >= 0.6 is 0 Å². The average Bonchev–Trinajstić information content (AvgIpc) is 3.85. The Labute approximate surface area is 277 Å². The summed E-state index contributed by atoms with van der Waals surface area (Å²) in [5.41, 5.74) is 0.362. The number of nitrogens with one attached hydrogen (secondary N) is 1. The van der Waals surface area contributed by atoms with E-state index in [1.807, 2.05) is 9.80 Å². The third kappa shape index (κ3) is 5.38. The fraction of sp³-hybridized carbons (Fsp3) is 0.559. The summed E-state index contributed by atoms with van der Waals surface area (Å²) in [6, 6.07) is 1.26. The van der Waals surface area contributed by atoms with Gasteiger partial charge in [-0.15, -0.1) is 0 Å². The second-order valence-electron chi connectivity index (χ2n) is 14.4. The van der Waals surface area contributed by atoms with Crippen LogP contribution < -0.4 is 20.7 Å². The minimum atomic E-state index is -5.03. The summed E-state index contributed by atoms with van der Waals surface area (Å²) in [7, 11) is 0. The molecule has 8 nitrogen and oxygen atoms in total. The quantitative estimate of drug-likeness (QED) is 0.215. The van der Waals surface area contributed by atoms with Gasteiger partial charge in [-0.1, -0.05) is 12.8 Å². The predicted molar refractivity (Wildman–Crippen MR) is 168 cm³/mol. The SMILES string of the molecule is Nc1ccc(C(F)(F)F)c(-c2ncc3c(N4C[C@@H]5CC[C@](C6CCCC6)(C4)N5)nc(OC[C@@]45CCCN4CC(=C(F)F)C5)nc3c2F)c1F. The number of anilines is 2. The van der Waals surface area contributed by atoms with E-state index >= 15 is 8.78 Å². The highest BCUT2D eigenvalue weighted by Crippen LogP contribution is 2.47. The molecule has 3 atom stereocenters. The van der Waals surface area contributed by atoms with Crippen LogP contribution in [0.3, 0.4) is 0 Å². The van der Waals surface area contributed by atoms with Crippen LogP contribution in [0.5, 0.6) is 6.01 Å². The van der Waals surface area contributed by atoms with E-state index in [1.54, 1.807) is 0 Å². The van der Waals surface area contributed by atoms with Crippen LogP contribution in [0.1, 0.15) is 63.4 Å². The van der Waals surface area contributed by atoms with E-state index < -0.39 is 51.9 Å². The van der Waals surface area contributed by atoms with E-state index in [0.717, 1.165) is 51.0 Å². The number of alkyl halides is 3. The standard InChI is InChI=1S/C34H36F7N7O/c35-25-23(42)7-6-22(34(39,40)41)24(25)28-26(36)27-21(13-43-28)30(47-15-20-8-10-33(16-47,46-20)19-4-1-2-5-19)45-31(44-27)49-17-32-9-3-11-48(32)14-18(12-32)29(37)38/h6-7,13,19-20,46H,1-5,8-12,14-17,42H2/t20-,32-,33+/m0/s1. The van der Waals surface area contributed by atoms with E-state index in [4.69, 9.17) is 15.5 Å². The molecule has 5 aliphatic rings. The number of rotatable bonds is 6. The van der Waals surface area contributed by atoms with E-state index in [0.29, 0.717) is 43.9 Å². The summed E-state index contributed by atoms with van der Waals surface area (Å²) in [5.74, 6) is -1.98. The van der Waals surface area contributed by atoms with Crippen molar-refractivity contribution >= 4 is 22.4 Å². The molecule has 1 aliphatic carbocycles. The van der Waals surface area contributed by atoms with Crippen LogP contribution in [0.4, 0.5) is 42.2 Å². The van der Waals surface area contributed by atoms with Gasteiger partial charge in [0.25, 0.3) is 6.08 Å². The first-order valence-corrected chi connectivity index (χ1v) is 16.8. The molecule has 262 valence electrons. The van der Waals surface area contributed by atoms with Crippen molar-refractivity contribution < 1.29 is 35.5 Å². The monoisotopic (exact) mass is 691 g/mol. The number of ether oxygens (including phenoxy) is 1. The molecule has 2 bridgehead atoms. The second-order valence-corrected chi connectivity index (χ2v) is 14.4. The van der Waals surface area contributed by atoms with Gasteiger partial charge in [0.2, 0.25) is 0 Å². The maximum atomic E-state index is 16.6. The lowest BCUT2D eigenvalue weighted by Gasteiger charge is -2.45. The molecule has 49 heavy (non-hydrogen) atoms. The Morgan fingerprint density at radius 3 is 2.59 bits per heavy atom. The van der Waals surface area contributed by atoms with Crippen LogP contribution in [-0.4, -0.2) is 69.8 Å². The molecule has 6 heterocycles. The molecule has 5 fully saturated rings. The minimum Gasteiger partial charge on any atom is -0.461 e. The predicted octanol–water partition coefficient (Wildman–Crippen LogP) is 6.84. The Morgan fingerprint density at radius 2 is 1.84 bits per heavy atom. The van der Waals surface area contributed by atoms with Crippen molar-refractivity contribution in [2.45, 2.75) is 81.1 Å². The third-order valence-corrected chi connectivity index (χ3v) is 11.5. The summed E-state index contributed by atoms with van der Waals surface area (Å²) in [4.78, 5) is 17.1. The molecule has 2 aromatic heterocycles. The number of nitrogen functional groups attached to an aromatic ring is 1. The molecule has 3 N–H and O–H groups in total. The summed E-state index contributed by atoms with van der Waals surface area (Å²) in [5, 5.41) is 3.98. The van der Waals surface area contributed by atoms with Gasteiger partial charge in [-0.3, -0.25) is 9.88 Å². The van der Waals surface area contributed by atoms with Gasteiger partial charge < -0.3 is 20.7 Å². The van der Waals surface area contributed by atoms with Gasteiger partial charge in [-0.2, -0.15) is 31.9 Å². The summed E-state index contributed by atoms with van der Waals surface area (Å²) < 4.78 is 108. The molecule has 15 heteroatoms. The molecule has 4 saturated heterocycles. The summed E-state index contributed by atoms with van der Waals surface area (Å²) in [6.45, 7) is 1.79. The highest BCUT2D eigenvalue weighted by atomic mass is 19.4. The van der Waals surface area contributed by atoms with Crippen LogP contribution in [0, 0.1) is 17.6 Å². The smallest absolute Gasteiger partial charge is 0.417 e. The van der Waals surface area contributed by atoms with Crippen molar-refractivity contribution in [3.05, 3.63) is 47.2 Å². The van der Waals surface area contributed by atoms with Crippen molar-refractivity contribution in [3.8, 4) is 17.3 Å². The molecular weight excluding hydrogens is 655 g/mol. The number of pyridine rings is 1. The fourth-order valence-electron chi connectivity index (χ4n) is 9.23. The van der Waals surface area contributed by atoms with E-state index in [9.17, 15) is 22.0 Å². The zero-order valence-electron chi connectivity index (χ0n) is 26.7. The van der Waals surface area contributed by atoms with Crippen molar-refractivity contribution in [1.29, 1.82) is 0 Å². The third-order valence-electron chi connectivity index (χ3n) is 11.5. The first-order valence-electron chi connectivity index (χ1n) is 16.8. The number of hydrogen-bond donors (Lipinski definition) is 2. The van der Waals surface area contributed by atoms with Gasteiger partial charge >= 0.3 is 12.2 Å². The van der Waals surface area contributed by atoms with Crippen LogP contribution in [0.15, 0.2) is 30.0 Å².